The molecule has 0 bridgehead atoms. The Morgan fingerprint density at radius 2 is 2.25 bits per heavy atom. The summed E-state index contributed by atoms with van der Waals surface area (Å²) in [5.74, 6) is 1.01. The first-order valence-corrected chi connectivity index (χ1v) is 7.84. The van der Waals surface area contributed by atoms with Gasteiger partial charge in [0.2, 0.25) is 0 Å². The molecule has 0 aliphatic heterocycles. The highest BCUT2D eigenvalue weighted by molar-refractivity contribution is 7.09. The molecule has 0 saturated heterocycles. The van der Waals surface area contributed by atoms with Gasteiger partial charge in [-0.3, -0.25) is 4.98 Å². The van der Waals surface area contributed by atoms with Crippen molar-refractivity contribution in [3.8, 4) is 0 Å². The Balaban J connectivity index is 1.87. The Bertz CT molecular complexity index is 627. The molecule has 104 valence electrons. The zero-order valence-corrected chi connectivity index (χ0v) is 12.3. The van der Waals surface area contributed by atoms with E-state index in [-0.39, 0.29) is 6.04 Å². The van der Waals surface area contributed by atoms with Gasteiger partial charge in [0, 0.05) is 22.9 Å². The first kappa shape index (κ1) is 13.3. The molecule has 0 aliphatic rings. The van der Waals surface area contributed by atoms with Gasteiger partial charge in [0.15, 0.2) is 0 Å². The summed E-state index contributed by atoms with van der Waals surface area (Å²) in [6.45, 7) is 3.16. The normalized spacial score (nSPS) is 12.8. The zero-order chi connectivity index (χ0) is 13.8. The lowest BCUT2D eigenvalue weighted by Crippen LogP contribution is -2.23. The number of nitrogens with zero attached hydrogens (tertiary/aromatic N) is 1. The second-order valence-corrected chi connectivity index (χ2v) is 5.84. The number of nitrogens with one attached hydrogen (secondary N) is 1. The maximum absolute atomic E-state index is 6.00. The molecule has 20 heavy (non-hydrogen) atoms. The largest absolute Gasteiger partial charge is 0.459 e. The van der Waals surface area contributed by atoms with Crippen molar-refractivity contribution in [3.05, 3.63) is 52.7 Å². The van der Waals surface area contributed by atoms with E-state index in [9.17, 15) is 0 Å². The average molecular weight is 286 g/mol. The highest BCUT2D eigenvalue weighted by Crippen LogP contribution is 2.27. The first-order chi connectivity index (χ1) is 9.86. The number of benzene rings is 1. The van der Waals surface area contributed by atoms with Crippen molar-refractivity contribution in [2.75, 3.05) is 6.54 Å². The Kier molecular flexibility index (Phi) is 4.14. The van der Waals surface area contributed by atoms with Gasteiger partial charge in [-0.2, -0.15) is 0 Å². The lowest BCUT2D eigenvalue weighted by atomic mass is 10.1. The van der Waals surface area contributed by atoms with E-state index in [4.69, 9.17) is 4.42 Å². The Morgan fingerprint density at radius 1 is 1.35 bits per heavy atom. The summed E-state index contributed by atoms with van der Waals surface area (Å²) in [6.07, 6.45) is 3.97. The van der Waals surface area contributed by atoms with Crippen LogP contribution < -0.4 is 5.32 Å². The Morgan fingerprint density at radius 3 is 3.00 bits per heavy atom. The minimum absolute atomic E-state index is 0.211. The van der Waals surface area contributed by atoms with Crippen molar-refractivity contribution in [2.45, 2.75) is 25.8 Å². The summed E-state index contributed by atoms with van der Waals surface area (Å²) in [7, 11) is 0. The van der Waals surface area contributed by atoms with E-state index >= 15 is 0 Å². The van der Waals surface area contributed by atoms with Crippen molar-refractivity contribution in [2.24, 2.45) is 0 Å². The van der Waals surface area contributed by atoms with Gasteiger partial charge in [-0.15, -0.1) is 11.3 Å². The van der Waals surface area contributed by atoms with Gasteiger partial charge < -0.3 is 9.73 Å². The topological polar surface area (TPSA) is 38.1 Å². The van der Waals surface area contributed by atoms with Crippen LogP contribution in [-0.4, -0.2) is 11.5 Å². The molecule has 0 fully saturated rings. The monoisotopic (exact) mass is 286 g/mol. The van der Waals surface area contributed by atoms with Crippen LogP contribution in [0.5, 0.6) is 0 Å². The predicted octanol–water partition coefficient (Wildman–Crippen LogP) is 4.17. The summed E-state index contributed by atoms with van der Waals surface area (Å²) in [4.78, 5) is 5.43. The van der Waals surface area contributed by atoms with Gasteiger partial charge in [-0.05, 0) is 25.1 Å². The molecular weight excluding hydrogens is 268 g/mol. The predicted molar refractivity (Wildman–Crippen MR) is 83.1 cm³/mol. The molecule has 0 spiro atoms. The van der Waals surface area contributed by atoms with Crippen LogP contribution in [0.4, 0.5) is 0 Å². The molecule has 3 rings (SSSR count). The quantitative estimate of drug-likeness (QED) is 0.739. The summed E-state index contributed by atoms with van der Waals surface area (Å²) in [5, 5.41) is 4.73. The van der Waals surface area contributed by atoms with Crippen LogP contribution in [0.1, 0.15) is 30.0 Å². The molecule has 4 heteroatoms. The number of hydrogen-bond donors (Lipinski definition) is 1. The van der Waals surface area contributed by atoms with Crippen LogP contribution in [0.15, 0.2) is 46.5 Å². The van der Waals surface area contributed by atoms with Crippen LogP contribution >= 0.6 is 11.3 Å². The smallest absolute Gasteiger partial charge is 0.134 e. The fourth-order valence-corrected chi connectivity index (χ4v) is 2.95. The number of para-hydroxylation sites is 1. The third-order valence-electron chi connectivity index (χ3n) is 3.32. The SMILES string of the molecule is CCCNC(Cc1cncs1)c1cc2ccccc2o1. The number of rotatable bonds is 6. The van der Waals surface area contributed by atoms with Crippen LogP contribution in [0.25, 0.3) is 11.0 Å². The average Bonchev–Trinajstić information content (AvgIpc) is 3.12. The minimum Gasteiger partial charge on any atom is -0.459 e. The van der Waals surface area contributed by atoms with Crippen LogP contribution in [0.3, 0.4) is 0 Å². The fraction of sp³-hybridized carbons (Fsp3) is 0.312. The van der Waals surface area contributed by atoms with Crippen LogP contribution in [-0.2, 0) is 6.42 Å². The Hall–Kier alpha value is -1.65. The van der Waals surface area contributed by atoms with E-state index in [0.29, 0.717) is 0 Å². The lowest BCUT2D eigenvalue weighted by Gasteiger charge is -2.15. The first-order valence-electron chi connectivity index (χ1n) is 6.96. The summed E-state index contributed by atoms with van der Waals surface area (Å²) in [5.41, 5.74) is 2.83. The van der Waals surface area contributed by atoms with Gasteiger partial charge in [0.1, 0.15) is 11.3 Å². The van der Waals surface area contributed by atoms with Crippen LogP contribution in [0.2, 0.25) is 0 Å². The molecular formula is C16H18N2OS. The van der Waals surface area contributed by atoms with E-state index in [2.05, 4.69) is 29.4 Å². The third-order valence-corrected chi connectivity index (χ3v) is 4.12. The van der Waals surface area contributed by atoms with E-state index in [1.54, 1.807) is 11.3 Å². The fourth-order valence-electron chi connectivity index (χ4n) is 2.31. The minimum atomic E-state index is 0.211. The maximum Gasteiger partial charge on any atom is 0.134 e. The molecule has 3 nitrogen and oxygen atoms in total. The van der Waals surface area contributed by atoms with Crippen molar-refractivity contribution < 1.29 is 4.42 Å². The molecule has 1 N–H and O–H groups in total. The highest BCUT2D eigenvalue weighted by atomic mass is 32.1. The molecule has 0 saturated carbocycles. The van der Waals surface area contributed by atoms with E-state index in [1.165, 1.54) is 4.88 Å². The van der Waals surface area contributed by atoms with E-state index < -0.39 is 0 Å². The number of aromatic nitrogens is 1. The summed E-state index contributed by atoms with van der Waals surface area (Å²) in [6, 6.07) is 10.5. The standard InChI is InChI=1S/C16H18N2OS/c1-2-7-18-14(9-13-10-17-11-20-13)16-8-12-5-3-4-6-15(12)19-16/h3-6,8,10-11,14,18H,2,7,9H2,1H3. The van der Waals surface area contributed by atoms with Crippen molar-refractivity contribution >= 4 is 22.3 Å². The van der Waals surface area contributed by atoms with Gasteiger partial charge >= 0.3 is 0 Å². The number of hydrogen-bond acceptors (Lipinski definition) is 4. The highest BCUT2D eigenvalue weighted by Gasteiger charge is 2.17. The van der Waals surface area contributed by atoms with E-state index in [1.807, 2.05) is 29.9 Å². The van der Waals surface area contributed by atoms with Gasteiger partial charge in [0.25, 0.3) is 0 Å². The van der Waals surface area contributed by atoms with Gasteiger partial charge in [-0.1, -0.05) is 25.1 Å². The molecule has 1 atom stereocenters. The second kappa shape index (κ2) is 6.20. The zero-order valence-electron chi connectivity index (χ0n) is 11.5. The molecule has 0 radical (unpaired) electrons. The number of fused-ring (bicyclic) bond motifs is 1. The lowest BCUT2D eigenvalue weighted by molar-refractivity contribution is 0.429. The number of furan rings is 1. The van der Waals surface area contributed by atoms with Crippen molar-refractivity contribution in [1.82, 2.24) is 10.3 Å². The maximum atomic E-state index is 6.00. The molecule has 0 aliphatic carbocycles. The summed E-state index contributed by atoms with van der Waals surface area (Å²) < 4.78 is 6.00. The van der Waals surface area contributed by atoms with Crippen LogP contribution in [0, 0.1) is 0 Å². The van der Waals surface area contributed by atoms with E-state index in [0.717, 1.165) is 36.1 Å². The van der Waals surface area contributed by atoms with Gasteiger partial charge in [-0.25, -0.2) is 0 Å². The summed E-state index contributed by atoms with van der Waals surface area (Å²) >= 11 is 1.69. The molecule has 1 aromatic carbocycles. The molecule has 1 unspecified atom stereocenters. The molecule has 2 heterocycles. The van der Waals surface area contributed by atoms with Gasteiger partial charge in [0.05, 0.1) is 11.6 Å². The van der Waals surface area contributed by atoms with Crippen molar-refractivity contribution in [1.29, 1.82) is 0 Å². The second-order valence-electron chi connectivity index (χ2n) is 4.87. The molecule has 3 aromatic rings. The molecule has 0 amide bonds. The number of thiazole rings is 1. The molecule has 2 aromatic heterocycles. The van der Waals surface area contributed by atoms with Crippen molar-refractivity contribution in [3.63, 3.8) is 0 Å². The Labute approximate surface area is 122 Å². The third kappa shape index (κ3) is 2.92.